The molecule has 0 saturated carbocycles. The lowest BCUT2D eigenvalue weighted by Crippen LogP contribution is -2.05. The van der Waals surface area contributed by atoms with Crippen LogP contribution < -0.4 is 0 Å². The Hall–Kier alpha value is -2.48. The third kappa shape index (κ3) is 44.5. The predicted molar refractivity (Wildman–Crippen MR) is 424 cm³/mol. The van der Waals surface area contributed by atoms with E-state index in [9.17, 15) is 5.53 Å². The fraction of sp³-hybridized carbons (Fsp3) is 0.826. The number of allylic oxidation sites excluding steroid dienone is 2. The molecule has 1 aliphatic heterocycles. The highest BCUT2D eigenvalue weighted by Gasteiger charge is 2.36. The maximum atomic E-state index is 13.0. The summed E-state index contributed by atoms with van der Waals surface area (Å²) in [4.78, 5) is 0. The zero-order valence-corrected chi connectivity index (χ0v) is 64.9. The van der Waals surface area contributed by atoms with Gasteiger partial charge in [0.25, 0.3) is 0 Å². The van der Waals surface area contributed by atoms with E-state index in [4.69, 9.17) is 0 Å². The van der Waals surface area contributed by atoms with E-state index >= 15 is 0 Å². The van der Waals surface area contributed by atoms with Gasteiger partial charge in [0.05, 0.1) is 0 Å². The van der Waals surface area contributed by atoms with Gasteiger partial charge in [-0.05, 0) is 124 Å². The third-order valence-electron chi connectivity index (χ3n) is 21.8. The number of hydrogen-bond donors (Lipinski definition) is 0. The van der Waals surface area contributed by atoms with Gasteiger partial charge >= 0.3 is 0 Å². The van der Waals surface area contributed by atoms with Crippen LogP contribution in [0.1, 0.15) is 499 Å². The van der Waals surface area contributed by atoms with Gasteiger partial charge in [0.2, 0.25) is 11.4 Å². The molecule has 0 aromatic heterocycles. The molecule has 0 unspecified atom stereocenters. The summed E-state index contributed by atoms with van der Waals surface area (Å²) < 4.78 is 1.73. The number of rotatable bonds is 72. The van der Waals surface area contributed by atoms with Gasteiger partial charge < -0.3 is 5.53 Å². The van der Waals surface area contributed by atoms with Crippen molar-refractivity contribution in [3.63, 3.8) is 0 Å². The second-order valence-electron chi connectivity index (χ2n) is 31.0. The molecular formula is C92H164N2. The summed E-state index contributed by atoms with van der Waals surface area (Å²) in [7, 11) is 0. The Labute approximate surface area is 590 Å². The maximum Gasteiger partial charge on any atom is 0.211 e. The largest absolute Gasteiger partial charge is 0.493 e. The molecule has 1 heterocycles. The first-order valence-corrected chi connectivity index (χ1v) is 43.7. The Morgan fingerprint density at radius 2 is 0.330 bits per heavy atom. The number of benzene rings is 2. The molecular weight excluding hydrogens is 1130 g/mol. The number of hydrogen-bond acceptors (Lipinski definition) is 0. The molecule has 3 rings (SSSR count). The lowest BCUT2D eigenvalue weighted by Gasteiger charge is -2.15. The van der Waals surface area contributed by atoms with Crippen molar-refractivity contribution in [1.29, 1.82) is 0 Å². The molecule has 0 fully saturated rings. The Kier molecular flexibility index (Phi) is 58.3. The van der Waals surface area contributed by atoms with Crippen LogP contribution >= 0.6 is 0 Å². The molecule has 2 aromatic carbocycles. The molecule has 0 atom stereocenters. The summed E-state index contributed by atoms with van der Waals surface area (Å²) in [6.45, 7) is 14.0. The molecule has 2 aromatic rings. The van der Waals surface area contributed by atoms with Crippen LogP contribution in [0.5, 0.6) is 0 Å². The SMILES string of the molecule is CCCCCCCCCCCCCCCCCCCCCCCCCCCCCc1cc(CCCC)cc(C2=C(CCCC)C(CCCCCC)=C(c3cc(CCCC)cc(CCCCCCCCCCCCCCCCCCCCCCCCCCCCC)c3)[N+]2=[N-])c1. The molecule has 2 nitrogen and oxygen atoms in total. The van der Waals surface area contributed by atoms with Gasteiger partial charge in [-0.2, -0.15) is 0 Å². The monoisotopic (exact) mass is 1300 g/mol. The molecule has 0 bridgehead atoms. The highest BCUT2D eigenvalue weighted by Crippen LogP contribution is 2.46. The molecule has 0 radical (unpaired) electrons. The van der Waals surface area contributed by atoms with E-state index in [-0.39, 0.29) is 0 Å². The van der Waals surface area contributed by atoms with Crippen LogP contribution in [0.2, 0.25) is 0 Å². The van der Waals surface area contributed by atoms with Crippen LogP contribution in [0, 0.1) is 0 Å². The van der Waals surface area contributed by atoms with E-state index in [1.54, 1.807) is 4.70 Å². The van der Waals surface area contributed by atoms with E-state index in [1.165, 1.54) is 449 Å². The molecule has 0 aliphatic carbocycles. The lowest BCUT2D eigenvalue weighted by atomic mass is 9.89. The first kappa shape index (κ1) is 85.7. The van der Waals surface area contributed by atoms with Crippen molar-refractivity contribution in [3.05, 3.63) is 86.5 Å². The summed E-state index contributed by atoms with van der Waals surface area (Å²) in [5.41, 5.74) is 26.4. The Morgan fingerprint density at radius 1 is 0.181 bits per heavy atom. The van der Waals surface area contributed by atoms with Crippen molar-refractivity contribution in [3.8, 4) is 0 Å². The lowest BCUT2D eigenvalue weighted by molar-refractivity contribution is -0.345. The van der Waals surface area contributed by atoms with Gasteiger partial charge in [-0.25, -0.2) is 4.70 Å². The zero-order valence-electron chi connectivity index (χ0n) is 64.9. The van der Waals surface area contributed by atoms with E-state index in [0.29, 0.717) is 0 Å². The third-order valence-corrected chi connectivity index (χ3v) is 21.8. The minimum atomic E-state index is 1.03. The van der Waals surface area contributed by atoms with Crippen molar-refractivity contribution in [1.82, 2.24) is 0 Å². The van der Waals surface area contributed by atoms with Crippen molar-refractivity contribution in [2.24, 2.45) is 0 Å². The molecule has 2 heteroatoms. The second-order valence-corrected chi connectivity index (χ2v) is 31.0. The van der Waals surface area contributed by atoms with Crippen molar-refractivity contribution in [2.75, 3.05) is 0 Å². The molecule has 0 N–H and O–H groups in total. The fourth-order valence-electron chi connectivity index (χ4n) is 15.6. The standard InChI is InChI=1S/C92H164N2/c1-7-13-19-22-24-26-28-30-32-34-36-38-40-42-44-46-48-50-52-54-56-58-60-62-64-66-68-73-85-77-83(71-16-10-4)79-87(81-85)91-89(75-18-12-6)90(76-70-21-15-9-3)92(94(91)93)88-80-84(72-17-11-5)78-86(82-88)74-69-67-65-63-61-59-57-55-53-51-49-47-45-43-41-39-37-35-33-31-29-27-25-23-20-14-8-2/h77-82H,7-76H2,1-6H3. The Morgan fingerprint density at radius 3 is 0.543 bits per heavy atom. The summed E-state index contributed by atoms with van der Waals surface area (Å²) in [5.74, 6) is 0. The normalized spacial score (nSPS) is 12.7. The van der Waals surface area contributed by atoms with Crippen LogP contribution in [0.4, 0.5) is 0 Å². The molecule has 542 valence electrons. The smallest absolute Gasteiger partial charge is 0.211 e. The van der Waals surface area contributed by atoms with Crippen molar-refractivity contribution < 1.29 is 4.70 Å². The highest BCUT2D eigenvalue weighted by molar-refractivity contribution is 5.82. The van der Waals surface area contributed by atoms with Crippen molar-refractivity contribution in [2.45, 2.75) is 491 Å². The summed E-state index contributed by atoms with van der Waals surface area (Å²) in [6, 6.07) is 15.1. The molecule has 0 amide bonds. The van der Waals surface area contributed by atoms with Crippen LogP contribution in [-0.2, 0) is 25.7 Å². The molecule has 0 saturated heterocycles. The topological polar surface area (TPSA) is 25.3 Å². The maximum absolute atomic E-state index is 13.0. The molecule has 0 spiro atoms. The first-order valence-electron chi connectivity index (χ1n) is 43.7. The van der Waals surface area contributed by atoms with Gasteiger partial charge in [-0.1, -0.05) is 426 Å². The van der Waals surface area contributed by atoms with Gasteiger partial charge in [0.15, 0.2) is 0 Å². The van der Waals surface area contributed by atoms with Gasteiger partial charge in [0.1, 0.15) is 0 Å². The number of aryl methyl sites for hydroxylation is 4. The average molecular weight is 1300 g/mol. The van der Waals surface area contributed by atoms with Crippen LogP contribution in [0.15, 0.2) is 47.5 Å². The Bertz CT molecular complexity index is 2080. The minimum Gasteiger partial charge on any atom is -0.493 e. The summed E-state index contributed by atoms with van der Waals surface area (Å²) in [5, 5.41) is 0. The van der Waals surface area contributed by atoms with Gasteiger partial charge in [0, 0.05) is 22.3 Å². The van der Waals surface area contributed by atoms with E-state index in [2.05, 4.69) is 77.9 Å². The summed E-state index contributed by atoms with van der Waals surface area (Å²) in [6.07, 6.45) is 96.5. The molecule has 1 aliphatic rings. The average Bonchev–Trinajstić information content (AvgIpc) is 1.60. The van der Waals surface area contributed by atoms with E-state index < -0.39 is 0 Å². The second kappa shape index (κ2) is 63.9. The zero-order chi connectivity index (χ0) is 67.1. The van der Waals surface area contributed by atoms with E-state index in [1.807, 2.05) is 0 Å². The van der Waals surface area contributed by atoms with Crippen LogP contribution in [0.25, 0.3) is 16.9 Å². The van der Waals surface area contributed by atoms with Gasteiger partial charge in [-0.15, -0.1) is 0 Å². The summed E-state index contributed by atoms with van der Waals surface area (Å²) >= 11 is 0. The van der Waals surface area contributed by atoms with Crippen LogP contribution in [0.3, 0.4) is 0 Å². The van der Waals surface area contributed by atoms with Gasteiger partial charge in [-0.3, -0.25) is 0 Å². The Balaban J connectivity index is 1.43. The van der Waals surface area contributed by atoms with E-state index in [0.717, 1.165) is 56.3 Å². The number of nitrogens with zero attached hydrogens (tertiary/aromatic N) is 2. The number of unbranched alkanes of at least 4 members (excludes halogenated alkanes) is 58. The highest BCUT2D eigenvalue weighted by atomic mass is 15.2. The fourth-order valence-corrected chi connectivity index (χ4v) is 15.6. The quantitative estimate of drug-likeness (QED) is 0.0466. The molecule has 94 heavy (non-hydrogen) atoms. The predicted octanol–water partition coefficient (Wildman–Crippen LogP) is 32.9. The van der Waals surface area contributed by atoms with Crippen LogP contribution in [-0.4, -0.2) is 4.70 Å². The van der Waals surface area contributed by atoms with Crippen molar-refractivity contribution >= 4 is 11.4 Å². The first-order chi connectivity index (χ1) is 46.5. The minimum absolute atomic E-state index is 1.03.